The Hall–Kier alpha value is -2.29. The van der Waals surface area contributed by atoms with E-state index in [1.54, 1.807) is 14.2 Å². The SMILES string of the molecule is COc1cccc(CCCCC(=O)CCCCc2cccc(OC)c2)c1. The molecule has 0 bridgehead atoms. The van der Waals surface area contributed by atoms with Crippen molar-refractivity contribution in [2.45, 2.75) is 51.4 Å². The molecule has 0 N–H and O–H groups in total. The van der Waals surface area contributed by atoms with E-state index < -0.39 is 0 Å². The number of carbonyl (C=O) groups excluding carboxylic acids is 1. The average molecular weight is 354 g/mol. The van der Waals surface area contributed by atoms with Crippen LogP contribution in [0.15, 0.2) is 48.5 Å². The first-order chi connectivity index (χ1) is 12.7. The molecule has 26 heavy (non-hydrogen) atoms. The van der Waals surface area contributed by atoms with Crippen LogP contribution in [0.25, 0.3) is 0 Å². The summed E-state index contributed by atoms with van der Waals surface area (Å²) in [5.74, 6) is 2.19. The number of methoxy groups -OCH3 is 2. The molecule has 3 heteroatoms. The predicted molar refractivity (Wildman–Crippen MR) is 106 cm³/mol. The monoisotopic (exact) mass is 354 g/mol. The second kappa shape index (κ2) is 11.3. The van der Waals surface area contributed by atoms with Crippen LogP contribution in [-0.2, 0) is 17.6 Å². The molecule has 0 atom stereocenters. The van der Waals surface area contributed by atoms with Crippen molar-refractivity contribution in [2.75, 3.05) is 14.2 Å². The Kier molecular flexibility index (Phi) is 8.74. The van der Waals surface area contributed by atoms with Gasteiger partial charge in [0, 0.05) is 12.8 Å². The summed E-state index contributed by atoms with van der Waals surface area (Å²) in [6.07, 6.45) is 7.41. The van der Waals surface area contributed by atoms with Crippen LogP contribution in [0.2, 0.25) is 0 Å². The first-order valence-electron chi connectivity index (χ1n) is 9.49. The van der Waals surface area contributed by atoms with E-state index in [0.29, 0.717) is 18.6 Å². The summed E-state index contributed by atoms with van der Waals surface area (Å²) in [5.41, 5.74) is 2.55. The van der Waals surface area contributed by atoms with Crippen molar-refractivity contribution >= 4 is 5.78 Å². The van der Waals surface area contributed by atoms with Gasteiger partial charge in [-0.15, -0.1) is 0 Å². The first kappa shape index (κ1) is 20.0. The van der Waals surface area contributed by atoms with Crippen LogP contribution in [0.3, 0.4) is 0 Å². The number of hydrogen-bond acceptors (Lipinski definition) is 3. The summed E-state index contributed by atoms with van der Waals surface area (Å²) in [6, 6.07) is 16.3. The molecule has 0 heterocycles. The number of ketones is 1. The second-order valence-corrected chi connectivity index (χ2v) is 6.66. The summed E-state index contributed by atoms with van der Waals surface area (Å²) in [7, 11) is 3.37. The van der Waals surface area contributed by atoms with E-state index in [1.807, 2.05) is 24.3 Å². The molecule has 0 radical (unpaired) electrons. The van der Waals surface area contributed by atoms with Crippen LogP contribution < -0.4 is 9.47 Å². The van der Waals surface area contributed by atoms with Crippen LogP contribution in [0.4, 0.5) is 0 Å². The lowest BCUT2D eigenvalue weighted by Crippen LogP contribution is -1.99. The normalized spacial score (nSPS) is 10.5. The molecule has 0 unspecified atom stereocenters. The largest absolute Gasteiger partial charge is 0.497 e. The summed E-state index contributed by atoms with van der Waals surface area (Å²) < 4.78 is 10.5. The van der Waals surface area contributed by atoms with Crippen molar-refractivity contribution in [2.24, 2.45) is 0 Å². The van der Waals surface area contributed by atoms with Crippen LogP contribution in [0, 0.1) is 0 Å². The Morgan fingerprint density at radius 3 is 1.62 bits per heavy atom. The number of carbonyl (C=O) groups is 1. The Morgan fingerprint density at radius 1 is 0.731 bits per heavy atom. The molecule has 2 rings (SSSR count). The fraction of sp³-hybridized carbons (Fsp3) is 0.435. The summed E-state index contributed by atoms with van der Waals surface area (Å²) in [5, 5.41) is 0. The standard InChI is InChI=1S/C23H30O3/c1-25-22-15-7-11-19(17-22)9-3-5-13-21(24)14-6-4-10-20-12-8-16-23(18-20)26-2/h7-8,11-12,15-18H,3-6,9-10,13-14H2,1-2H3. The van der Waals surface area contributed by atoms with Crippen molar-refractivity contribution < 1.29 is 14.3 Å². The van der Waals surface area contributed by atoms with E-state index in [9.17, 15) is 4.79 Å². The van der Waals surface area contributed by atoms with Gasteiger partial charge >= 0.3 is 0 Å². The van der Waals surface area contributed by atoms with Gasteiger partial charge in [0.15, 0.2) is 0 Å². The van der Waals surface area contributed by atoms with Gasteiger partial charge in [0.25, 0.3) is 0 Å². The summed E-state index contributed by atoms with van der Waals surface area (Å²) >= 11 is 0. The highest BCUT2D eigenvalue weighted by molar-refractivity contribution is 5.78. The molecule has 3 nitrogen and oxygen atoms in total. The third-order valence-corrected chi connectivity index (χ3v) is 4.61. The Labute approximate surface area is 157 Å². The zero-order chi connectivity index (χ0) is 18.6. The molecule has 0 aliphatic heterocycles. The molecule has 0 aromatic heterocycles. The van der Waals surface area contributed by atoms with Crippen molar-refractivity contribution in [3.05, 3.63) is 59.7 Å². The summed E-state index contributed by atoms with van der Waals surface area (Å²) in [6.45, 7) is 0. The van der Waals surface area contributed by atoms with E-state index in [1.165, 1.54) is 11.1 Å². The Bertz CT molecular complexity index is 621. The molecule has 0 aliphatic carbocycles. The van der Waals surface area contributed by atoms with E-state index in [-0.39, 0.29) is 0 Å². The van der Waals surface area contributed by atoms with Crippen LogP contribution >= 0.6 is 0 Å². The number of benzene rings is 2. The third kappa shape index (κ3) is 7.30. The lowest BCUT2D eigenvalue weighted by Gasteiger charge is -2.05. The van der Waals surface area contributed by atoms with E-state index in [2.05, 4.69) is 24.3 Å². The molecule has 0 saturated carbocycles. The predicted octanol–water partition coefficient (Wildman–Crippen LogP) is 5.40. The van der Waals surface area contributed by atoms with Crippen molar-refractivity contribution in [3.63, 3.8) is 0 Å². The maximum Gasteiger partial charge on any atom is 0.132 e. The molecule has 0 amide bonds. The van der Waals surface area contributed by atoms with Gasteiger partial charge in [-0.25, -0.2) is 0 Å². The quantitative estimate of drug-likeness (QED) is 0.479. The van der Waals surface area contributed by atoms with Gasteiger partial charge in [-0.2, -0.15) is 0 Å². The van der Waals surface area contributed by atoms with Crippen LogP contribution in [0.5, 0.6) is 11.5 Å². The fourth-order valence-electron chi connectivity index (χ4n) is 3.08. The Balaban J connectivity index is 1.56. The van der Waals surface area contributed by atoms with Gasteiger partial charge in [-0.05, 0) is 73.9 Å². The van der Waals surface area contributed by atoms with E-state index in [0.717, 1.165) is 50.0 Å². The smallest absolute Gasteiger partial charge is 0.132 e. The number of Topliss-reactive ketones (excluding diaryl/α,β-unsaturated/α-hetero) is 1. The second-order valence-electron chi connectivity index (χ2n) is 6.66. The van der Waals surface area contributed by atoms with Gasteiger partial charge in [-0.3, -0.25) is 4.79 Å². The Morgan fingerprint density at radius 2 is 1.19 bits per heavy atom. The highest BCUT2D eigenvalue weighted by atomic mass is 16.5. The first-order valence-corrected chi connectivity index (χ1v) is 9.49. The van der Waals surface area contributed by atoms with Crippen molar-refractivity contribution in [3.8, 4) is 11.5 Å². The summed E-state index contributed by atoms with van der Waals surface area (Å²) in [4.78, 5) is 12.0. The molecule has 0 aliphatic rings. The number of hydrogen-bond donors (Lipinski definition) is 0. The molecular formula is C23H30O3. The van der Waals surface area contributed by atoms with Crippen LogP contribution in [0.1, 0.15) is 49.7 Å². The van der Waals surface area contributed by atoms with E-state index >= 15 is 0 Å². The van der Waals surface area contributed by atoms with E-state index in [4.69, 9.17) is 9.47 Å². The third-order valence-electron chi connectivity index (χ3n) is 4.61. The van der Waals surface area contributed by atoms with Crippen molar-refractivity contribution in [1.29, 1.82) is 0 Å². The van der Waals surface area contributed by atoms with Crippen molar-refractivity contribution in [1.82, 2.24) is 0 Å². The maximum absolute atomic E-state index is 12.0. The highest BCUT2D eigenvalue weighted by Gasteiger charge is 2.03. The van der Waals surface area contributed by atoms with Gasteiger partial charge in [0.05, 0.1) is 14.2 Å². The minimum absolute atomic E-state index is 0.390. The minimum Gasteiger partial charge on any atom is -0.497 e. The minimum atomic E-state index is 0.390. The number of unbranched alkanes of at least 4 members (excludes halogenated alkanes) is 2. The highest BCUT2D eigenvalue weighted by Crippen LogP contribution is 2.17. The van der Waals surface area contributed by atoms with Gasteiger partial charge < -0.3 is 9.47 Å². The number of ether oxygens (including phenoxy) is 2. The molecule has 140 valence electrons. The molecule has 2 aromatic rings. The zero-order valence-corrected chi connectivity index (χ0v) is 16.0. The van der Waals surface area contributed by atoms with Crippen LogP contribution in [-0.4, -0.2) is 20.0 Å². The molecule has 0 saturated heterocycles. The topological polar surface area (TPSA) is 35.5 Å². The van der Waals surface area contributed by atoms with Gasteiger partial charge in [-0.1, -0.05) is 24.3 Å². The zero-order valence-electron chi connectivity index (χ0n) is 16.0. The molecule has 0 spiro atoms. The number of aryl methyl sites for hydroxylation is 2. The molecular weight excluding hydrogens is 324 g/mol. The lowest BCUT2D eigenvalue weighted by atomic mass is 10.0. The number of rotatable bonds is 12. The maximum atomic E-state index is 12.0. The molecule has 0 fully saturated rings. The van der Waals surface area contributed by atoms with Gasteiger partial charge in [0.1, 0.15) is 17.3 Å². The average Bonchev–Trinajstić information content (AvgIpc) is 2.69. The molecule has 2 aromatic carbocycles. The van der Waals surface area contributed by atoms with Gasteiger partial charge in [0.2, 0.25) is 0 Å². The lowest BCUT2D eigenvalue weighted by molar-refractivity contribution is -0.119. The fourth-order valence-corrected chi connectivity index (χ4v) is 3.08.